The number of urea groups is 1. The number of benzene rings is 3. The fraction of sp³-hybridized carbons (Fsp3) is 0.297. The van der Waals surface area contributed by atoms with Crippen molar-refractivity contribution in [2.24, 2.45) is 5.10 Å². The van der Waals surface area contributed by atoms with E-state index in [0.717, 1.165) is 27.7 Å². The molecular weight excluding hydrogens is 642 g/mol. The molecule has 0 bridgehead atoms. The molecule has 2 amide bonds. The molecule has 0 saturated carbocycles. The van der Waals surface area contributed by atoms with Crippen LogP contribution in [0.25, 0.3) is 10.9 Å². The second kappa shape index (κ2) is 16.1. The predicted molar refractivity (Wildman–Crippen MR) is 187 cm³/mol. The first-order chi connectivity index (χ1) is 24.1. The Labute approximate surface area is 289 Å². The zero-order valence-corrected chi connectivity index (χ0v) is 28.6. The summed E-state index contributed by atoms with van der Waals surface area (Å²) in [5.41, 5.74) is 8.37. The van der Waals surface area contributed by atoms with Gasteiger partial charge in [0.05, 0.1) is 43.7 Å². The summed E-state index contributed by atoms with van der Waals surface area (Å²) in [7, 11) is 1.28. The Morgan fingerprint density at radius 2 is 1.76 bits per heavy atom. The first kappa shape index (κ1) is 35.5. The van der Waals surface area contributed by atoms with Crippen LogP contribution in [0, 0.1) is 6.92 Å². The minimum absolute atomic E-state index is 0.157. The molecule has 1 aromatic heterocycles. The summed E-state index contributed by atoms with van der Waals surface area (Å²) in [5.74, 6) is -0.195. The number of aliphatic hydroxyl groups excluding tert-OH is 1. The third-order valence-electron chi connectivity index (χ3n) is 8.17. The van der Waals surface area contributed by atoms with Crippen molar-refractivity contribution in [3.8, 4) is 11.5 Å². The number of nitrogens with one attached hydrogen (secondary N) is 3. The van der Waals surface area contributed by atoms with E-state index >= 15 is 0 Å². The van der Waals surface area contributed by atoms with E-state index in [1.807, 2.05) is 50.2 Å². The van der Waals surface area contributed by atoms with E-state index in [2.05, 4.69) is 25.7 Å². The zero-order chi connectivity index (χ0) is 35.8. The smallest absolute Gasteiger partial charge is 0.338 e. The van der Waals surface area contributed by atoms with Crippen LogP contribution >= 0.6 is 0 Å². The number of hydrogen-bond acceptors (Lipinski definition) is 10. The number of rotatable bonds is 14. The van der Waals surface area contributed by atoms with Crippen LogP contribution in [0.3, 0.4) is 0 Å². The summed E-state index contributed by atoms with van der Waals surface area (Å²) in [6.45, 7) is 8.31. The number of amides is 2. The Hall–Kier alpha value is -5.82. The van der Waals surface area contributed by atoms with Gasteiger partial charge in [-0.3, -0.25) is 5.43 Å². The lowest BCUT2D eigenvalue weighted by molar-refractivity contribution is -0.136. The first-order valence-corrected chi connectivity index (χ1v) is 16.2. The fourth-order valence-corrected chi connectivity index (χ4v) is 5.78. The first-order valence-electron chi connectivity index (χ1n) is 16.2. The molecule has 50 heavy (non-hydrogen) atoms. The average Bonchev–Trinajstić information content (AvgIpc) is 3.37. The van der Waals surface area contributed by atoms with Crippen molar-refractivity contribution in [3.05, 3.63) is 106 Å². The van der Waals surface area contributed by atoms with Gasteiger partial charge in [-0.2, -0.15) is 5.10 Å². The summed E-state index contributed by atoms with van der Waals surface area (Å²) in [5, 5.41) is 21.4. The molecular formula is C37H41N5O8. The molecule has 0 radical (unpaired) electrons. The second-order valence-electron chi connectivity index (χ2n) is 11.4. The molecule has 4 N–H and O–H groups in total. The van der Waals surface area contributed by atoms with Crippen molar-refractivity contribution in [2.75, 3.05) is 26.9 Å². The highest BCUT2D eigenvalue weighted by atomic mass is 16.5. The van der Waals surface area contributed by atoms with Crippen LogP contribution in [0.1, 0.15) is 59.6 Å². The zero-order valence-electron chi connectivity index (χ0n) is 28.6. The van der Waals surface area contributed by atoms with Gasteiger partial charge in [-0.05, 0) is 69.2 Å². The lowest BCUT2D eigenvalue weighted by atomic mass is 9.95. The number of esters is 2. The number of hydrazone groups is 1. The third kappa shape index (κ3) is 7.90. The number of allylic oxidation sites excluding steroid dienone is 1. The fourth-order valence-electron chi connectivity index (χ4n) is 5.78. The van der Waals surface area contributed by atoms with Crippen LogP contribution in [-0.2, 0) is 20.8 Å². The summed E-state index contributed by atoms with van der Waals surface area (Å²) >= 11 is 0. The van der Waals surface area contributed by atoms with Crippen LogP contribution in [-0.4, -0.2) is 67.0 Å². The number of hydrogen-bond donors (Lipinski definition) is 4. The van der Waals surface area contributed by atoms with Crippen LogP contribution in [0.4, 0.5) is 4.79 Å². The van der Waals surface area contributed by atoms with Gasteiger partial charge in [0, 0.05) is 34.4 Å². The Bertz CT molecular complexity index is 1930. The van der Waals surface area contributed by atoms with E-state index in [1.165, 1.54) is 7.11 Å². The molecule has 0 spiro atoms. The number of ether oxygens (including phenoxy) is 4. The van der Waals surface area contributed by atoms with Gasteiger partial charge in [0.2, 0.25) is 0 Å². The molecule has 4 aromatic rings. The monoisotopic (exact) mass is 683 g/mol. The molecule has 0 unspecified atom stereocenters. The summed E-state index contributed by atoms with van der Waals surface area (Å²) in [6.07, 6.45) is 0.510. The van der Waals surface area contributed by atoms with Crippen LogP contribution in [0.5, 0.6) is 11.5 Å². The predicted octanol–water partition coefficient (Wildman–Crippen LogP) is 4.70. The molecule has 13 heteroatoms. The number of methoxy groups -OCH3 is 1. The van der Waals surface area contributed by atoms with Crippen molar-refractivity contribution in [1.82, 2.24) is 20.6 Å². The molecule has 0 aliphatic carbocycles. The van der Waals surface area contributed by atoms with Crippen LogP contribution < -0.4 is 25.5 Å². The Morgan fingerprint density at radius 1 is 1.00 bits per heavy atom. The highest BCUT2D eigenvalue weighted by Gasteiger charge is 2.32. The van der Waals surface area contributed by atoms with Crippen LogP contribution in [0.15, 0.2) is 83.1 Å². The second-order valence-corrected chi connectivity index (χ2v) is 11.4. The Balaban J connectivity index is 1.27. The SMILES string of the molecule is CCOC(=O)c1ccc(Cn2c(C)c(/C=N/N[C@@H](O)COc3ccc([C@@H]4NC(=O)NC(C)=C4C(=O)OC)cc3OCC)c3ccccc32)cc1. The standard InChI is InChI=1S/C37H41N5O8/c1-6-48-31-18-26(34-33(36(45)47-5)22(3)39-37(46)40-34)16-17-30(31)50-21-32(43)41-38-19-28-23(4)42(29-11-9-8-10-27(28)29)20-24-12-14-25(15-13-24)35(44)49-7-2/h8-19,32,34,41,43H,6-7,20-21H2,1-5H3,(H2,39,40,46)/b38-19+/t32-,34-/m0/s1. The highest BCUT2D eigenvalue weighted by molar-refractivity contribution is 6.01. The molecule has 2 heterocycles. The maximum absolute atomic E-state index is 12.5. The molecule has 1 aliphatic heterocycles. The molecule has 13 nitrogen and oxygen atoms in total. The third-order valence-corrected chi connectivity index (χ3v) is 8.17. The summed E-state index contributed by atoms with van der Waals surface area (Å²) < 4.78 is 23.9. The number of fused-ring (bicyclic) bond motifs is 1. The summed E-state index contributed by atoms with van der Waals surface area (Å²) in [6, 6.07) is 19.2. The van der Waals surface area contributed by atoms with E-state index in [-0.39, 0.29) is 18.1 Å². The highest BCUT2D eigenvalue weighted by Crippen LogP contribution is 2.35. The lowest BCUT2D eigenvalue weighted by Gasteiger charge is -2.28. The molecule has 262 valence electrons. The van der Waals surface area contributed by atoms with Gasteiger partial charge in [0.15, 0.2) is 17.7 Å². The Kier molecular flexibility index (Phi) is 11.4. The van der Waals surface area contributed by atoms with Gasteiger partial charge < -0.3 is 39.3 Å². The molecule has 0 saturated heterocycles. The van der Waals surface area contributed by atoms with Gasteiger partial charge in [-0.15, -0.1) is 0 Å². The van der Waals surface area contributed by atoms with Crippen molar-refractivity contribution in [1.29, 1.82) is 0 Å². The van der Waals surface area contributed by atoms with Gasteiger partial charge in [-0.25, -0.2) is 14.4 Å². The van der Waals surface area contributed by atoms with Crippen molar-refractivity contribution < 1.29 is 38.4 Å². The molecule has 2 atom stereocenters. The van der Waals surface area contributed by atoms with Gasteiger partial charge in [-0.1, -0.05) is 36.4 Å². The van der Waals surface area contributed by atoms with Gasteiger partial charge in [0.1, 0.15) is 6.61 Å². The summed E-state index contributed by atoms with van der Waals surface area (Å²) in [4.78, 5) is 36.8. The molecule has 0 fully saturated rings. The van der Waals surface area contributed by atoms with E-state index in [0.29, 0.717) is 48.1 Å². The number of aliphatic hydroxyl groups is 1. The number of carbonyl (C=O) groups is 3. The van der Waals surface area contributed by atoms with Crippen molar-refractivity contribution in [2.45, 2.75) is 46.5 Å². The quantitative estimate of drug-likeness (QED) is 0.0639. The maximum atomic E-state index is 12.5. The molecule has 3 aromatic carbocycles. The van der Waals surface area contributed by atoms with E-state index < -0.39 is 24.3 Å². The number of aromatic nitrogens is 1. The van der Waals surface area contributed by atoms with E-state index in [9.17, 15) is 19.5 Å². The van der Waals surface area contributed by atoms with Crippen molar-refractivity contribution in [3.63, 3.8) is 0 Å². The van der Waals surface area contributed by atoms with E-state index in [1.54, 1.807) is 50.4 Å². The largest absolute Gasteiger partial charge is 0.490 e. The molecule has 5 rings (SSSR count). The van der Waals surface area contributed by atoms with Gasteiger partial charge in [0.25, 0.3) is 0 Å². The lowest BCUT2D eigenvalue weighted by Crippen LogP contribution is -2.45. The number of para-hydroxylation sites is 1. The molecule has 1 aliphatic rings. The minimum Gasteiger partial charge on any atom is -0.490 e. The van der Waals surface area contributed by atoms with E-state index in [4.69, 9.17) is 18.9 Å². The topological polar surface area (TPSA) is 162 Å². The maximum Gasteiger partial charge on any atom is 0.338 e. The number of carbonyl (C=O) groups excluding carboxylic acids is 3. The van der Waals surface area contributed by atoms with Gasteiger partial charge >= 0.3 is 18.0 Å². The average molecular weight is 684 g/mol. The van der Waals surface area contributed by atoms with Crippen molar-refractivity contribution >= 4 is 35.1 Å². The minimum atomic E-state index is -1.16. The number of nitrogens with zero attached hydrogens (tertiary/aromatic N) is 2. The van der Waals surface area contributed by atoms with Crippen LogP contribution in [0.2, 0.25) is 0 Å². The normalized spacial score (nSPS) is 15.0. The Morgan fingerprint density at radius 3 is 2.48 bits per heavy atom.